The third-order valence-electron chi connectivity index (χ3n) is 4.79. The summed E-state index contributed by atoms with van der Waals surface area (Å²) >= 11 is 0. The zero-order valence-electron chi connectivity index (χ0n) is 11.3. The lowest BCUT2D eigenvalue weighted by atomic mass is 9.82. The van der Waals surface area contributed by atoms with E-state index >= 15 is 0 Å². The number of benzene rings is 1. The molecule has 0 aromatic heterocycles. The van der Waals surface area contributed by atoms with Gasteiger partial charge in [-0.3, -0.25) is 0 Å². The average Bonchev–Trinajstić information content (AvgIpc) is 2.98. The highest BCUT2D eigenvalue weighted by molar-refractivity contribution is 5.32. The van der Waals surface area contributed by atoms with Gasteiger partial charge in [-0.15, -0.1) is 0 Å². The number of nitrogens with two attached hydrogens (primary N) is 1. The van der Waals surface area contributed by atoms with E-state index in [1.165, 1.54) is 36.8 Å². The van der Waals surface area contributed by atoms with Gasteiger partial charge >= 0.3 is 0 Å². The molecule has 18 heavy (non-hydrogen) atoms. The Labute approximate surface area is 110 Å². The molecule has 0 bridgehead atoms. The summed E-state index contributed by atoms with van der Waals surface area (Å²) in [6, 6.07) is 9.19. The molecule has 1 aromatic carbocycles. The maximum atomic E-state index is 6.40. The Bertz CT molecular complexity index is 419. The molecule has 2 aliphatic rings. The third-order valence-corrected chi connectivity index (χ3v) is 4.79. The van der Waals surface area contributed by atoms with Crippen molar-refractivity contribution in [3.63, 3.8) is 0 Å². The molecule has 1 aromatic rings. The highest BCUT2D eigenvalue weighted by atomic mass is 15.0. The molecule has 1 aliphatic heterocycles. The zero-order valence-corrected chi connectivity index (χ0v) is 11.3. The lowest BCUT2D eigenvalue weighted by molar-refractivity contribution is 0.462. The van der Waals surface area contributed by atoms with E-state index in [2.05, 4.69) is 36.5 Å². The van der Waals surface area contributed by atoms with Crippen LogP contribution in [0.15, 0.2) is 24.3 Å². The standard InChI is InChI=1S/C16H24N2/c1-16(17)11-18-10-15(16)14-8-4-7-13(9-14)12-5-2-3-6-12/h4,7-9,12,15,18H,2-3,5-6,10-11,17H2,1H3/t15-,16+/m0/s1. The van der Waals surface area contributed by atoms with E-state index in [1.807, 2.05) is 0 Å². The van der Waals surface area contributed by atoms with Crippen molar-refractivity contribution in [2.75, 3.05) is 13.1 Å². The Morgan fingerprint density at radius 3 is 2.61 bits per heavy atom. The molecule has 1 saturated heterocycles. The van der Waals surface area contributed by atoms with Crippen molar-refractivity contribution in [3.8, 4) is 0 Å². The molecule has 0 amide bonds. The molecule has 2 nitrogen and oxygen atoms in total. The van der Waals surface area contributed by atoms with Gasteiger partial charge in [-0.05, 0) is 36.8 Å². The fraction of sp³-hybridized carbons (Fsp3) is 0.625. The van der Waals surface area contributed by atoms with Gasteiger partial charge in [0, 0.05) is 24.5 Å². The van der Waals surface area contributed by atoms with Crippen LogP contribution in [0.1, 0.15) is 55.6 Å². The quantitative estimate of drug-likeness (QED) is 0.839. The second-order valence-electron chi connectivity index (χ2n) is 6.34. The van der Waals surface area contributed by atoms with Crippen LogP contribution in [0.2, 0.25) is 0 Å². The van der Waals surface area contributed by atoms with Crippen LogP contribution in [0.3, 0.4) is 0 Å². The molecule has 3 N–H and O–H groups in total. The second-order valence-corrected chi connectivity index (χ2v) is 6.34. The summed E-state index contributed by atoms with van der Waals surface area (Å²) in [6.45, 7) is 4.10. The molecule has 2 heteroatoms. The third kappa shape index (κ3) is 2.19. The summed E-state index contributed by atoms with van der Waals surface area (Å²) in [5.74, 6) is 1.25. The van der Waals surface area contributed by atoms with Crippen molar-refractivity contribution in [2.24, 2.45) is 5.73 Å². The van der Waals surface area contributed by atoms with Crippen LogP contribution in [0, 0.1) is 0 Å². The minimum Gasteiger partial charge on any atom is -0.324 e. The molecule has 1 heterocycles. The molecule has 3 rings (SSSR count). The normalized spacial score (nSPS) is 33.1. The minimum atomic E-state index is -0.103. The van der Waals surface area contributed by atoms with Crippen molar-refractivity contribution in [1.29, 1.82) is 0 Å². The van der Waals surface area contributed by atoms with Gasteiger partial charge in [-0.25, -0.2) is 0 Å². The van der Waals surface area contributed by atoms with Gasteiger partial charge in [0.1, 0.15) is 0 Å². The Balaban J connectivity index is 1.86. The first-order valence-electron chi connectivity index (χ1n) is 7.26. The first-order chi connectivity index (χ1) is 8.67. The molecule has 0 radical (unpaired) electrons. The Hall–Kier alpha value is -0.860. The largest absolute Gasteiger partial charge is 0.324 e. The van der Waals surface area contributed by atoms with Gasteiger partial charge in [-0.1, -0.05) is 37.1 Å². The lowest BCUT2D eigenvalue weighted by Gasteiger charge is -2.26. The van der Waals surface area contributed by atoms with Crippen LogP contribution in [-0.4, -0.2) is 18.6 Å². The summed E-state index contributed by atoms with van der Waals surface area (Å²) in [5, 5.41) is 3.43. The maximum Gasteiger partial charge on any atom is 0.0333 e. The summed E-state index contributed by atoms with van der Waals surface area (Å²) in [4.78, 5) is 0. The van der Waals surface area contributed by atoms with Crippen molar-refractivity contribution in [3.05, 3.63) is 35.4 Å². The smallest absolute Gasteiger partial charge is 0.0333 e. The van der Waals surface area contributed by atoms with Crippen molar-refractivity contribution < 1.29 is 0 Å². The SMILES string of the molecule is C[C@@]1(N)CNC[C@H]1c1cccc(C2CCCC2)c1. The van der Waals surface area contributed by atoms with Gasteiger partial charge in [0.15, 0.2) is 0 Å². The van der Waals surface area contributed by atoms with Gasteiger partial charge in [0.2, 0.25) is 0 Å². The van der Waals surface area contributed by atoms with Crippen LogP contribution in [0.5, 0.6) is 0 Å². The fourth-order valence-corrected chi connectivity index (χ4v) is 3.63. The number of nitrogens with one attached hydrogen (secondary N) is 1. The molecule has 1 saturated carbocycles. The lowest BCUT2D eigenvalue weighted by Crippen LogP contribution is -2.42. The van der Waals surface area contributed by atoms with Crippen LogP contribution in [0.25, 0.3) is 0 Å². The Kier molecular flexibility index (Phi) is 3.16. The van der Waals surface area contributed by atoms with E-state index < -0.39 is 0 Å². The fourth-order valence-electron chi connectivity index (χ4n) is 3.63. The zero-order chi connectivity index (χ0) is 12.6. The number of rotatable bonds is 2. The second kappa shape index (κ2) is 4.67. The van der Waals surface area contributed by atoms with Gasteiger partial charge in [0.05, 0.1) is 0 Å². The predicted octanol–water partition coefficient (Wildman–Crippen LogP) is 2.75. The first-order valence-corrected chi connectivity index (χ1v) is 7.26. The molecular formula is C16H24N2. The summed E-state index contributed by atoms with van der Waals surface area (Å²) < 4.78 is 0. The van der Waals surface area contributed by atoms with Crippen molar-refractivity contribution in [2.45, 2.75) is 50.0 Å². The molecule has 1 aliphatic carbocycles. The minimum absolute atomic E-state index is 0.103. The van der Waals surface area contributed by atoms with Gasteiger partial charge in [-0.2, -0.15) is 0 Å². The predicted molar refractivity (Wildman–Crippen MR) is 75.9 cm³/mol. The maximum absolute atomic E-state index is 6.40. The molecule has 2 fully saturated rings. The first kappa shape index (κ1) is 12.2. The molecule has 98 valence electrons. The van der Waals surface area contributed by atoms with Crippen LogP contribution >= 0.6 is 0 Å². The molecular weight excluding hydrogens is 220 g/mol. The van der Waals surface area contributed by atoms with Crippen LogP contribution in [-0.2, 0) is 0 Å². The van der Waals surface area contributed by atoms with Crippen molar-refractivity contribution >= 4 is 0 Å². The highest BCUT2D eigenvalue weighted by Gasteiger charge is 2.36. The van der Waals surface area contributed by atoms with Crippen LogP contribution < -0.4 is 11.1 Å². The van der Waals surface area contributed by atoms with E-state index in [9.17, 15) is 0 Å². The summed E-state index contributed by atoms with van der Waals surface area (Å²) in [6.07, 6.45) is 5.53. The number of hydrogen-bond donors (Lipinski definition) is 2. The van der Waals surface area contributed by atoms with Gasteiger partial charge in [0.25, 0.3) is 0 Å². The number of hydrogen-bond acceptors (Lipinski definition) is 2. The molecule has 0 spiro atoms. The Morgan fingerprint density at radius 1 is 1.22 bits per heavy atom. The highest BCUT2D eigenvalue weighted by Crippen LogP contribution is 2.36. The van der Waals surface area contributed by atoms with Crippen LogP contribution in [0.4, 0.5) is 0 Å². The topological polar surface area (TPSA) is 38.0 Å². The van der Waals surface area contributed by atoms with Crippen molar-refractivity contribution in [1.82, 2.24) is 5.32 Å². The average molecular weight is 244 g/mol. The summed E-state index contributed by atoms with van der Waals surface area (Å²) in [7, 11) is 0. The Morgan fingerprint density at radius 2 is 1.94 bits per heavy atom. The van der Waals surface area contributed by atoms with E-state index in [-0.39, 0.29) is 5.54 Å². The van der Waals surface area contributed by atoms with E-state index in [0.29, 0.717) is 5.92 Å². The monoisotopic (exact) mass is 244 g/mol. The van der Waals surface area contributed by atoms with Gasteiger partial charge < -0.3 is 11.1 Å². The summed E-state index contributed by atoms with van der Waals surface area (Å²) in [5.41, 5.74) is 9.25. The van der Waals surface area contributed by atoms with E-state index in [0.717, 1.165) is 19.0 Å². The molecule has 0 unspecified atom stereocenters. The molecule has 2 atom stereocenters. The van der Waals surface area contributed by atoms with E-state index in [1.54, 1.807) is 0 Å². The van der Waals surface area contributed by atoms with E-state index in [4.69, 9.17) is 5.73 Å².